The second kappa shape index (κ2) is 6.25. The number of nitrogens with two attached hydrogens (primary N) is 1. The van der Waals surface area contributed by atoms with Crippen molar-refractivity contribution >= 4 is 5.91 Å². The van der Waals surface area contributed by atoms with E-state index in [0.29, 0.717) is 13.0 Å². The van der Waals surface area contributed by atoms with E-state index >= 15 is 0 Å². The molecule has 1 rings (SSSR count). The van der Waals surface area contributed by atoms with Crippen molar-refractivity contribution in [3.8, 4) is 0 Å². The molecule has 16 heavy (non-hydrogen) atoms. The molecule has 0 bridgehead atoms. The number of aliphatic hydroxyl groups excluding tert-OH is 1. The van der Waals surface area contributed by atoms with Crippen LogP contribution in [0.3, 0.4) is 0 Å². The quantitative estimate of drug-likeness (QED) is 0.665. The molecule has 1 atom stereocenters. The second-order valence-corrected chi connectivity index (χ2v) is 3.85. The molecule has 0 fully saturated rings. The number of aliphatic hydroxyl groups is 1. The first-order valence-electron chi connectivity index (χ1n) is 5.33. The van der Waals surface area contributed by atoms with Crippen LogP contribution >= 0.6 is 0 Å². The third-order valence-corrected chi connectivity index (χ3v) is 2.30. The van der Waals surface area contributed by atoms with Crippen LogP contribution in [0.2, 0.25) is 0 Å². The molecule has 0 saturated carbocycles. The van der Waals surface area contributed by atoms with Crippen molar-refractivity contribution in [1.82, 2.24) is 5.32 Å². The first-order valence-corrected chi connectivity index (χ1v) is 5.33. The Balaban J connectivity index is 2.49. The van der Waals surface area contributed by atoms with E-state index < -0.39 is 0 Å². The smallest absolute Gasteiger partial charge is 0.224 e. The SMILES string of the molecule is C[C@@H](CO)NC(=O)Cc1ccc(CN)cc1. The molecule has 1 aromatic carbocycles. The number of carbonyl (C=O) groups excluding carboxylic acids is 1. The highest BCUT2D eigenvalue weighted by Gasteiger charge is 2.06. The Morgan fingerprint density at radius 2 is 1.94 bits per heavy atom. The van der Waals surface area contributed by atoms with Crippen molar-refractivity contribution in [2.75, 3.05) is 6.61 Å². The van der Waals surface area contributed by atoms with E-state index in [0.717, 1.165) is 11.1 Å². The molecule has 0 saturated heterocycles. The molecular weight excluding hydrogens is 204 g/mol. The summed E-state index contributed by atoms with van der Waals surface area (Å²) in [6.07, 6.45) is 0.329. The van der Waals surface area contributed by atoms with E-state index in [9.17, 15) is 4.79 Å². The number of hydrogen-bond acceptors (Lipinski definition) is 3. The predicted molar refractivity (Wildman–Crippen MR) is 62.7 cm³/mol. The maximum atomic E-state index is 11.5. The molecule has 0 radical (unpaired) electrons. The fourth-order valence-electron chi connectivity index (χ4n) is 1.35. The number of benzene rings is 1. The van der Waals surface area contributed by atoms with E-state index in [1.165, 1.54) is 0 Å². The van der Waals surface area contributed by atoms with Crippen LogP contribution in [0.25, 0.3) is 0 Å². The predicted octanol–water partition coefficient (Wildman–Crippen LogP) is 0.185. The van der Waals surface area contributed by atoms with E-state index in [-0.39, 0.29) is 18.6 Å². The summed E-state index contributed by atoms with van der Waals surface area (Å²) in [5.41, 5.74) is 7.47. The molecule has 4 nitrogen and oxygen atoms in total. The lowest BCUT2D eigenvalue weighted by Crippen LogP contribution is -2.35. The van der Waals surface area contributed by atoms with E-state index in [2.05, 4.69) is 5.32 Å². The Kier molecular flexibility index (Phi) is 4.95. The van der Waals surface area contributed by atoms with Gasteiger partial charge in [0.1, 0.15) is 0 Å². The Morgan fingerprint density at radius 1 is 1.38 bits per heavy atom. The van der Waals surface area contributed by atoms with Crippen LogP contribution in [0.4, 0.5) is 0 Å². The summed E-state index contributed by atoms with van der Waals surface area (Å²) in [5.74, 6) is -0.0814. The Labute approximate surface area is 95.5 Å². The minimum atomic E-state index is -0.198. The highest BCUT2D eigenvalue weighted by Crippen LogP contribution is 2.04. The normalized spacial score (nSPS) is 12.2. The maximum absolute atomic E-state index is 11.5. The summed E-state index contributed by atoms with van der Waals surface area (Å²) in [5, 5.41) is 11.5. The second-order valence-electron chi connectivity index (χ2n) is 3.85. The third kappa shape index (κ3) is 4.00. The zero-order valence-corrected chi connectivity index (χ0v) is 9.44. The van der Waals surface area contributed by atoms with Gasteiger partial charge in [-0.1, -0.05) is 24.3 Å². The van der Waals surface area contributed by atoms with Crippen LogP contribution in [0, 0.1) is 0 Å². The summed E-state index contributed by atoms with van der Waals surface area (Å²) in [4.78, 5) is 11.5. The van der Waals surface area contributed by atoms with Gasteiger partial charge in [0, 0.05) is 12.6 Å². The number of carbonyl (C=O) groups is 1. The van der Waals surface area contributed by atoms with Gasteiger partial charge in [0.05, 0.1) is 13.0 Å². The molecule has 88 valence electrons. The molecule has 4 N–H and O–H groups in total. The van der Waals surface area contributed by atoms with Gasteiger partial charge in [-0.15, -0.1) is 0 Å². The van der Waals surface area contributed by atoms with Gasteiger partial charge in [-0.2, -0.15) is 0 Å². The molecule has 0 heterocycles. The first kappa shape index (κ1) is 12.7. The van der Waals surface area contributed by atoms with Crippen molar-refractivity contribution in [3.05, 3.63) is 35.4 Å². The molecule has 4 heteroatoms. The number of nitrogens with one attached hydrogen (secondary N) is 1. The average molecular weight is 222 g/mol. The van der Waals surface area contributed by atoms with Gasteiger partial charge in [0.25, 0.3) is 0 Å². The summed E-state index contributed by atoms with van der Waals surface area (Å²) in [6.45, 7) is 2.22. The molecule has 0 aliphatic carbocycles. The minimum absolute atomic E-state index is 0.0438. The maximum Gasteiger partial charge on any atom is 0.224 e. The van der Waals surface area contributed by atoms with Crippen molar-refractivity contribution in [1.29, 1.82) is 0 Å². The van der Waals surface area contributed by atoms with Crippen LogP contribution in [0.1, 0.15) is 18.1 Å². The molecule has 0 unspecified atom stereocenters. The monoisotopic (exact) mass is 222 g/mol. The molecular formula is C12H18N2O2. The zero-order valence-electron chi connectivity index (χ0n) is 9.44. The van der Waals surface area contributed by atoms with Gasteiger partial charge < -0.3 is 16.2 Å². The Morgan fingerprint density at radius 3 is 2.44 bits per heavy atom. The highest BCUT2D eigenvalue weighted by atomic mass is 16.3. The number of hydrogen-bond donors (Lipinski definition) is 3. The van der Waals surface area contributed by atoms with Crippen molar-refractivity contribution in [3.63, 3.8) is 0 Å². The van der Waals surface area contributed by atoms with Crippen molar-refractivity contribution in [2.24, 2.45) is 5.73 Å². The van der Waals surface area contributed by atoms with Crippen LogP contribution < -0.4 is 11.1 Å². The Hall–Kier alpha value is -1.39. The van der Waals surface area contributed by atoms with Gasteiger partial charge >= 0.3 is 0 Å². The fraction of sp³-hybridized carbons (Fsp3) is 0.417. The average Bonchev–Trinajstić information content (AvgIpc) is 2.29. The summed E-state index contributed by atoms with van der Waals surface area (Å²) < 4.78 is 0. The van der Waals surface area contributed by atoms with Gasteiger partial charge in [-0.25, -0.2) is 0 Å². The van der Waals surface area contributed by atoms with Crippen LogP contribution in [-0.4, -0.2) is 23.7 Å². The minimum Gasteiger partial charge on any atom is -0.394 e. The van der Waals surface area contributed by atoms with E-state index in [1.807, 2.05) is 24.3 Å². The summed E-state index contributed by atoms with van der Waals surface area (Å²) in [6, 6.07) is 7.42. The van der Waals surface area contributed by atoms with Crippen LogP contribution in [0.15, 0.2) is 24.3 Å². The van der Waals surface area contributed by atoms with Crippen LogP contribution in [-0.2, 0) is 17.8 Å². The largest absolute Gasteiger partial charge is 0.394 e. The Bertz CT molecular complexity index is 335. The lowest BCUT2D eigenvalue weighted by molar-refractivity contribution is -0.121. The molecule has 1 aromatic rings. The number of rotatable bonds is 5. The standard InChI is InChI=1S/C12H18N2O2/c1-9(8-15)14-12(16)6-10-2-4-11(7-13)5-3-10/h2-5,9,15H,6-8,13H2,1H3,(H,14,16)/t9-/m0/s1. The molecule has 1 amide bonds. The lowest BCUT2D eigenvalue weighted by Gasteiger charge is -2.10. The van der Waals surface area contributed by atoms with Gasteiger partial charge in [0.15, 0.2) is 0 Å². The summed E-state index contributed by atoms with van der Waals surface area (Å²) in [7, 11) is 0. The van der Waals surface area contributed by atoms with E-state index in [1.54, 1.807) is 6.92 Å². The molecule has 0 spiro atoms. The van der Waals surface area contributed by atoms with Crippen molar-refractivity contribution in [2.45, 2.75) is 25.9 Å². The zero-order chi connectivity index (χ0) is 12.0. The number of amides is 1. The topological polar surface area (TPSA) is 75.3 Å². The molecule has 0 aromatic heterocycles. The van der Waals surface area contributed by atoms with Gasteiger partial charge in [0.2, 0.25) is 5.91 Å². The lowest BCUT2D eigenvalue weighted by atomic mass is 10.1. The molecule has 0 aliphatic heterocycles. The third-order valence-electron chi connectivity index (χ3n) is 2.30. The van der Waals surface area contributed by atoms with Gasteiger partial charge in [-0.05, 0) is 18.1 Å². The van der Waals surface area contributed by atoms with Crippen molar-refractivity contribution < 1.29 is 9.90 Å². The highest BCUT2D eigenvalue weighted by molar-refractivity contribution is 5.78. The van der Waals surface area contributed by atoms with Crippen LogP contribution in [0.5, 0.6) is 0 Å². The van der Waals surface area contributed by atoms with Gasteiger partial charge in [-0.3, -0.25) is 4.79 Å². The summed E-state index contributed by atoms with van der Waals surface area (Å²) >= 11 is 0. The first-order chi connectivity index (χ1) is 7.65. The fourth-order valence-corrected chi connectivity index (χ4v) is 1.35. The van der Waals surface area contributed by atoms with E-state index in [4.69, 9.17) is 10.8 Å². The molecule has 0 aliphatic rings.